The number of halogens is 1. The molecule has 1 aromatic rings. The molecule has 0 heterocycles. The molecule has 1 rings (SSSR count). The Kier molecular flexibility index (Phi) is 2.84. The molecule has 0 atom stereocenters. The lowest BCUT2D eigenvalue weighted by Gasteiger charge is -2.06. The lowest BCUT2D eigenvalue weighted by atomic mass is 10.2. The molecular weight excluding hydrogens is 227 g/mol. The van der Waals surface area contributed by atoms with E-state index in [-0.39, 0.29) is 10.6 Å². The molecule has 0 aliphatic carbocycles. The van der Waals surface area contributed by atoms with E-state index in [1.54, 1.807) is 0 Å². The molecule has 0 fully saturated rings. The second kappa shape index (κ2) is 3.60. The molecule has 76 valence electrons. The number of rotatable bonds is 2. The van der Waals surface area contributed by atoms with Crippen LogP contribution in [0.4, 0.5) is 4.39 Å². The summed E-state index contributed by atoms with van der Waals surface area (Å²) in [7, 11) is -4.01. The SMILES string of the molecule is NC(=S)c1c(F)cccc1S(N)(=O)=O. The van der Waals surface area contributed by atoms with E-state index in [0.29, 0.717) is 0 Å². The van der Waals surface area contributed by atoms with Crippen LogP contribution in [0.1, 0.15) is 5.56 Å². The average Bonchev–Trinajstić information content (AvgIpc) is 2.01. The first-order valence-electron chi connectivity index (χ1n) is 3.45. The molecule has 0 aliphatic heterocycles. The molecule has 0 saturated carbocycles. The topological polar surface area (TPSA) is 86.2 Å². The van der Waals surface area contributed by atoms with E-state index in [0.717, 1.165) is 12.1 Å². The van der Waals surface area contributed by atoms with Crippen LogP contribution in [0.15, 0.2) is 23.1 Å². The summed E-state index contributed by atoms with van der Waals surface area (Å²) in [5.41, 5.74) is 4.84. The molecule has 0 amide bonds. The van der Waals surface area contributed by atoms with Crippen LogP contribution in [0, 0.1) is 5.82 Å². The van der Waals surface area contributed by atoms with Crippen LogP contribution < -0.4 is 10.9 Å². The van der Waals surface area contributed by atoms with Gasteiger partial charge in [-0.15, -0.1) is 0 Å². The van der Waals surface area contributed by atoms with Gasteiger partial charge in [-0.3, -0.25) is 0 Å². The Hall–Kier alpha value is -1.05. The first-order chi connectivity index (χ1) is 6.34. The van der Waals surface area contributed by atoms with Gasteiger partial charge in [-0.2, -0.15) is 0 Å². The third-order valence-corrected chi connectivity index (χ3v) is 2.69. The quantitative estimate of drug-likeness (QED) is 0.711. The van der Waals surface area contributed by atoms with Gasteiger partial charge >= 0.3 is 0 Å². The van der Waals surface area contributed by atoms with Gasteiger partial charge in [0.05, 0.1) is 10.5 Å². The molecular formula is C7H7FN2O2S2. The summed E-state index contributed by atoms with van der Waals surface area (Å²) in [6.45, 7) is 0. The van der Waals surface area contributed by atoms with Crippen molar-refractivity contribution in [2.75, 3.05) is 0 Å². The van der Waals surface area contributed by atoms with Gasteiger partial charge in [-0.05, 0) is 12.1 Å². The highest BCUT2D eigenvalue weighted by molar-refractivity contribution is 7.89. The predicted octanol–water partition coefficient (Wildman–Crippen LogP) is 0.107. The smallest absolute Gasteiger partial charge is 0.238 e. The number of thiocarbonyl (C=S) groups is 1. The number of benzene rings is 1. The molecule has 0 saturated heterocycles. The van der Waals surface area contributed by atoms with E-state index in [4.69, 9.17) is 10.9 Å². The van der Waals surface area contributed by atoms with E-state index in [1.165, 1.54) is 6.07 Å². The number of sulfonamides is 1. The first kappa shape index (κ1) is 11.0. The maximum Gasteiger partial charge on any atom is 0.238 e. The number of nitrogens with two attached hydrogens (primary N) is 2. The van der Waals surface area contributed by atoms with Crippen molar-refractivity contribution in [1.29, 1.82) is 0 Å². The van der Waals surface area contributed by atoms with E-state index in [2.05, 4.69) is 12.2 Å². The zero-order chi connectivity index (χ0) is 10.9. The van der Waals surface area contributed by atoms with Gasteiger partial charge in [0.15, 0.2) is 0 Å². The fourth-order valence-electron chi connectivity index (χ4n) is 0.981. The van der Waals surface area contributed by atoms with E-state index in [1.807, 2.05) is 0 Å². The fourth-order valence-corrected chi connectivity index (χ4v) is 2.01. The van der Waals surface area contributed by atoms with Crippen molar-refractivity contribution >= 4 is 27.2 Å². The van der Waals surface area contributed by atoms with Crippen molar-refractivity contribution in [3.63, 3.8) is 0 Å². The van der Waals surface area contributed by atoms with Gasteiger partial charge in [-0.1, -0.05) is 18.3 Å². The highest BCUT2D eigenvalue weighted by Crippen LogP contribution is 2.17. The molecule has 0 aliphatic rings. The van der Waals surface area contributed by atoms with Gasteiger partial charge < -0.3 is 5.73 Å². The Balaban J connectivity index is 3.61. The highest BCUT2D eigenvalue weighted by atomic mass is 32.2. The monoisotopic (exact) mass is 234 g/mol. The van der Waals surface area contributed by atoms with E-state index < -0.39 is 20.7 Å². The van der Waals surface area contributed by atoms with Crippen molar-refractivity contribution < 1.29 is 12.8 Å². The van der Waals surface area contributed by atoms with Gasteiger partial charge in [0.2, 0.25) is 10.0 Å². The number of primary sulfonamides is 1. The molecule has 4 nitrogen and oxygen atoms in total. The van der Waals surface area contributed by atoms with Crippen LogP contribution in [0.2, 0.25) is 0 Å². The Morgan fingerprint density at radius 2 is 2.00 bits per heavy atom. The van der Waals surface area contributed by atoms with Crippen molar-refractivity contribution in [2.45, 2.75) is 4.90 Å². The molecule has 7 heteroatoms. The fraction of sp³-hybridized carbons (Fsp3) is 0. The minimum absolute atomic E-state index is 0.341. The maximum atomic E-state index is 13.1. The number of hydrogen-bond acceptors (Lipinski definition) is 3. The van der Waals surface area contributed by atoms with Crippen LogP contribution in [0.25, 0.3) is 0 Å². The average molecular weight is 234 g/mol. The summed E-state index contributed by atoms with van der Waals surface area (Å²) >= 11 is 4.52. The lowest BCUT2D eigenvalue weighted by molar-refractivity contribution is 0.591. The van der Waals surface area contributed by atoms with Gasteiger partial charge in [-0.25, -0.2) is 17.9 Å². The molecule has 1 aromatic carbocycles. The second-order valence-electron chi connectivity index (χ2n) is 2.52. The first-order valence-corrected chi connectivity index (χ1v) is 5.40. The Bertz CT molecular complexity index is 484. The zero-order valence-corrected chi connectivity index (χ0v) is 8.53. The summed E-state index contributed by atoms with van der Waals surface area (Å²) in [6.07, 6.45) is 0. The lowest BCUT2D eigenvalue weighted by Crippen LogP contribution is -2.21. The zero-order valence-electron chi connectivity index (χ0n) is 6.90. The molecule has 0 radical (unpaired) electrons. The van der Waals surface area contributed by atoms with Crippen LogP contribution >= 0.6 is 12.2 Å². The van der Waals surface area contributed by atoms with E-state index >= 15 is 0 Å². The van der Waals surface area contributed by atoms with E-state index in [9.17, 15) is 12.8 Å². The Labute approximate surface area is 85.8 Å². The van der Waals surface area contributed by atoms with Gasteiger partial charge in [0, 0.05) is 0 Å². The van der Waals surface area contributed by atoms with Crippen LogP contribution in [-0.4, -0.2) is 13.4 Å². The molecule has 0 bridgehead atoms. The summed E-state index contributed by atoms with van der Waals surface area (Å²) in [4.78, 5) is -0.739. The summed E-state index contributed by atoms with van der Waals surface area (Å²) in [6, 6.07) is 3.42. The molecule has 0 aromatic heterocycles. The number of hydrogen-bond donors (Lipinski definition) is 2. The van der Waals surface area contributed by atoms with Gasteiger partial charge in [0.1, 0.15) is 10.8 Å². The Morgan fingerprint density at radius 3 is 2.36 bits per heavy atom. The largest absolute Gasteiger partial charge is 0.389 e. The third-order valence-electron chi connectivity index (χ3n) is 1.53. The van der Waals surface area contributed by atoms with Crippen molar-refractivity contribution in [3.8, 4) is 0 Å². The molecule has 0 unspecified atom stereocenters. The predicted molar refractivity (Wildman–Crippen MR) is 53.7 cm³/mol. The van der Waals surface area contributed by atoms with Crippen molar-refractivity contribution in [3.05, 3.63) is 29.6 Å². The van der Waals surface area contributed by atoms with Crippen LogP contribution in [-0.2, 0) is 10.0 Å². The minimum atomic E-state index is -4.01. The minimum Gasteiger partial charge on any atom is -0.389 e. The van der Waals surface area contributed by atoms with Gasteiger partial charge in [0.25, 0.3) is 0 Å². The normalized spacial score (nSPS) is 11.3. The summed E-state index contributed by atoms with van der Waals surface area (Å²) < 4.78 is 35.2. The summed E-state index contributed by atoms with van der Waals surface area (Å²) in [5.74, 6) is -0.802. The molecule has 14 heavy (non-hydrogen) atoms. The molecule has 0 spiro atoms. The van der Waals surface area contributed by atoms with Crippen molar-refractivity contribution in [2.24, 2.45) is 10.9 Å². The standard InChI is InChI=1S/C7H7FN2O2S2/c8-4-2-1-3-5(14(10,11)12)6(4)7(9)13/h1-3H,(H2,9,13)(H2,10,11,12). The third kappa shape index (κ3) is 2.06. The highest BCUT2D eigenvalue weighted by Gasteiger charge is 2.18. The van der Waals surface area contributed by atoms with Crippen molar-refractivity contribution in [1.82, 2.24) is 0 Å². The van der Waals surface area contributed by atoms with Crippen LogP contribution in [0.5, 0.6) is 0 Å². The summed E-state index contributed by atoms with van der Waals surface area (Å²) in [5, 5.41) is 4.85. The molecule has 4 N–H and O–H groups in total. The van der Waals surface area contributed by atoms with Crippen LogP contribution in [0.3, 0.4) is 0 Å². The maximum absolute atomic E-state index is 13.1. The second-order valence-corrected chi connectivity index (χ2v) is 4.49. The Morgan fingerprint density at radius 1 is 1.43 bits per heavy atom.